The number of carbonyl (C=O) groups excluding carboxylic acids is 1. The van der Waals surface area contributed by atoms with Crippen molar-refractivity contribution in [3.8, 4) is 11.5 Å². The van der Waals surface area contributed by atoms with Gasteiger partial charge in [0, 0.05) is 0 Å². The minimum atomic E-state index is -0.678. The lowest BCUT2D eigenvalue weighted by Gasteiger charge is -2.24. The molecule has 7 nitrogen and oxygen atoms in total. The number of esters is 1. The molecule has 0 aliphatic carbocycles. The van der Waals surface area contributed by atoms with Crippen LogP contribution >= 0.6 is 11.3 Å². The fourth-order valence-electron chi connectivity index (χ4n) is 3.66. The van der Waals surface area contributed by atoms with Crippen LogP contribution in [0.25, 0.3) is 6.08 Å². The molecule has 32 heavy (non-hydrogen) atoms. The number of allylic oxidation sites excluding steroid dienone is 1. The lowest BCUT2D eigenvalue weighted by molar-refractivity contribution is -0.139. The van der Waals surface area contributed by atoms with Gasteiger partial charge in [-0.25, -0.2) is 9.79 Å². The summed E-state index contributed by atoms with van der Waals surface area (Å²) in [7, 11) is 1.58. The first-order valence-electron chi connectivity index (χ1n) is 10.1. The van der Waals surface area contributed by atoms with Crippen LogP contribution in [0.15, 0.2) is 69.6 Å². The second-order valence-corrected chi connectivity index (χ2v) is 8.18. The van der Waals surface area contributed by atoms with Crippen molar-refractivity contribution >= 4 is 23.4 Å². The van der Waals surface area contributed by atoms with E-state index in [9.17, 15) is 14.7 Å². The van der Waals surface area contributed by atoms with Gasteiger partial charge in [-0.05, 0) is 55.3 Å². The Hall–Kier alpha value is -3.65. The quantitative estimate of drug-likeness (QED) is 0.604. The number of methoxy groups -OCH3 is 1. The second-order valence-electron chi connectivity index (χ2n) is 7.17. The van der Waals surface area contributed by atoms with Gasteiger partial charge in [0.1, 0.15) is 11.5 Å². The third-order valence-electron chi connectivity index (χ3n) is 5.12. The van der Waals surface area contributed by atoms with E-state index in [-0.39, 0.29) is 17.9 Å². The first kappa shape index (κ1) is 21.6. The Morgan fingerprint density at radius 2 is 2.00 bits per heavy atom. The zero-order valence-corrected chi connectivity index (χ0v) is 18.7. The fraction of sp³-hybridized carbons (Fsp3) is 0.208. The number of carbonyl (C=O) groups is 1. The Morgan fingerprint density at radius 1 is 1.25 bits per heavy atom. The molecule has 0 bridgehead atoms. The van der Waals surface area contributed by atoms with Crippen molar-refractivity contribution in [2.45, 2.75) is 19.9 Å². The first-order chi connectivity index (χ1) is 15.4. The Balaban J connectivity index is 1.94. The number of aromatic hydroxyl groups is 1. The zero-order valence-electron chi connectivity index (χ0n) is 17.9. The van der Waals surface area contributed by atoms with Crippen molar-refractivity contribution in [1.82, 2.24) is 4.57 Å². The van der Waals surface area contributed by atoms with Crippen molar-refractivity contribution < 1.29 is 19.4 Å². The average Bonchev–Trinajstić information content (AvgIpc) is 3.07. The van der Waals surface area contributed by atoms with E-state index in [2.05, 4.69) is 4.99 Å². The minimum Gasteiger partial charge on any atom is -0.508 e. The van der Waals surface area contributed by atoms with Gasteiger partial charge in [-0.2, -0.15) is 0 Å². The molecule has 1 aromatic heterocycles. The highest BCUT2D eigenvalue weighted by atomic mass is 32.1. The summed E-state index contributed by atoms with van der Waals surface area (Å²) in [5.74, 6) is 0.281. The van der Waals surface area contributed by atoms with E-state index in [0.717, 1.165) is 5.56 Å². The van der Waals surface area contributed by atoms with Crippen LogP contribution in [0.5, 0.6) is 11.5 Å². The van der Waals surface area contributed by atoms with Crippen molar-refractivity contribution in [1.29, 1.82) is 0 Å². The molecule has 4 rings (SSSR count). The van der Waals surface area contributed by atoms with E-state index in [1.54, 1.807) is 63.4 Å². The summed E-state index contributed by atoms with van der Waals surface area (Å²) in [4.78, 5) is 31.4. The number of phenols is 1. The summed E-state index contributed by atoms with van der Waals surface area (Å²) in [6.45, 7) is 3.70. The molecule has 1 N–H and O–H groups in total. The molecular formula is C24H22N2O5S. The van der Waals surface area contributed by atoms with Gasteiger partial charge < -0.3 is 14.6 Å². The van der Waals surface area contributed by atoms with Gasteiger partial charge in [0.15, 0.2) is 4.80 Å². The molecule has 1 aliphatic rings. The molecule has 0 spiro atoms. The standard InChI is InChI=1S/C24H22N2O5S/c1-4-31-23(29)20-14(2)25-24-26(21(20)16-8-10-18(30-3)11-9-16)22(28)19(32-24)13-15-6-5-7-17(27)12-15/h5-13,21,27H,4H2,1-3H3/b19-13+/t21-/m1/s1. The number of hydrogen-bond acceptors (Lipinski definition) is 7. The average molecular weight is 451 g/mol. The summed E-state index contributed by atoms with van der Waals surface area (Å²) in [6.07, 6.45) is 1.71. The SMILES string of the molecule is CCOC(=O)C1=C(C)N=c2s/c(=C/c3cccc(O)c3)c(=O)n2[C@@H]1c1ccc(OC)cc1. The topological polar surface area (TPSA) is 90.1 Å². The molecule has 1 atom stereocenters. The molecule has 0 saturated carbocycles. The number of fused-ring (bicyclic) bond motifs is 1. The molecular weight excluding hydrogens is 428 g/mol. The minimum absolute atomic E-state index is 0.114. The van der Waals surface area contributed by atoms with Crippen LogP contribution in [0.1, 0.15) is 31.0 Å². The van der Waals surface area contributed by atoms with E-state index in [4.69, 9.17) is 9.47 Å². The van der Waals surface area contributed by atoms with E-state index < -0.39 is 12.0 Å². The first-order valence-corrected chi connectivity index (χ1v) is 10.9. The van der Waals surface area contributed by atoms with Crippen LogP contribution in [-0.4, -0.2) is 29.4 Å². The van der Waals surface area contributed by atoms with Crippen LogP contribution in [0.4, 0.5) is 0 Å². The van der Waals surface area contributed by atoms with Crippen molar-refractivity contribution in [3.05, 3.63) is 90.6 Å². The summed E-state index contributed by atoms with van der Waals surface area (Å²) in [5.41, 5.74) is 2.00. The van der Waals surface area contributed by atoms with Gasteiger partial charge in [0.05, 0.1) is 35.6 Å². The van der Waals surface area contributed by atoms with Gasteiger partial charge in [-0.3, -0.25) is 9.36 Å². The van der Waals surface area contributed by atoms with Gasteiger partial charge >= 0.3 is 5.97 Å². The highest BCUT2D eigenvalue weighted by Crippen LogP contribution is 2.31. The van der Waals surface area contributed by atoms with Crippen LogP contribution in [0.3, 0.4) is 0 Å². The van der Waals surface area contributed by atoms with Crippen LogP contribution in [-0.2, 0) is 9.53 Å². The third kappa shape index (κ3) is 3.97. The van der Waals surface area contributed by atoms with E-state index >= 15 is 0 Å². The molecule has 0 radical (unpaired) electrons. The second kappa shape index (κ2) is 8.84. The van der Waals surface area contributed by atoms with Crippen molar-refractivity contribution in [3.63, 3.8) is 0 Å². The Kier molecular flexibility index (Phi) is 5.96. The largest absolute Gasteiger partial charge is 0.508 e. The van der Waals surface area contributed by atoms with Crippen molar-refractivity contribution in [2.24, 2.45) is 4.99 Å². The monoisotopic (exact) mass is 450 g/mol. The molecule has 3 aromatic rings. The Morgan fingerprint density at radius 3 is 2.66 bits per heavy atom. The molecule has 2 heterocycles. The van der Waals surface area contributed by atoms with Crippen LogP contribution in [0, 0.1) is 0 Å². The molecule has 0 fully saturated rings. The van der Waals surface area contributed by atoms with Gasteiger partial charge in [0.2, 0.25) is 0 Å². The third-order valence-corrected chi connectivity index (χ3v) is 6.10. The highest BCUT2D eigenvalue weighted by molar-refractivity contribution is 7.07. The van der Waals surface area contributed by atoms with Gasteiger partial charge in [-0.1, -0.05) is 35.6 Å². The summed E-state index contributed by atoms with van der Waals surface area (Å²) in [5, 5.41) is 9.75. The number of nitrogens with zero attached hydrogens (tertiary/aromatic N) is 2. The maximum Gasteiger partial charge on any atom is 0.338 e. The van der Waals surface area contributed by atoms with E-state index in [1.165, 1.54) is 15.9 Å². The molecule has 8 heteroatoms. The molecule has 0 amide bonds. The molecule has 164 valence electrons. The lowest BCUT2D eigenvalue weighted by atomic mass is 9.96. The predicted molar refractivity (Wildman–Crippen MR) is 121 cm³/mol. The normalized spacial score (nSPS) is 15.8. The molecule has 0 saturated heterocycles. The maximum atomic E-state index is 13.5. The predicted octanol–water partition coefficient (Wildman–Crippen LogP) is 2.51. The molecule has 1 aliphatic heterocycles. The number of rotatable bonds is 5. The van der Waals surface area contributed by atoms with Gasteiger partial charge in [0.25, 0.3) is 5.56 Å². The Labute approximate surface area is 188 Å². The number of hydrogen-bond donors (Lipinski definition) is 1. The van der Waals surface area contributed by atoms with Crippen LogP contribution in [0.2, 0.25) is 0 Å². The molecule has 0 unspecified atom stereocenters. The van der Waals surface area contributed by atoms with E-state index in [0.29, 0.717) is 31.9 Å². The Bertz CT molecular complexity index is 1380. The van der Waals surface area contributed by atoms with Crippen molar-refractivity contribution in [2.75, 3.05) is 13.7 Å². The fourth-order valence-corrected chi connectivity index (χ4v) is 4.71. The summed E-state index contributed by atoms with van der Waals surface area (Å²) in [6, 6.07) is 13.2. The smallest absolute Gasteiger partial charge is 0.338 e. The van der Waals surface area contributed by atoms with Crippen LogP contribution < -0.4 is 19.6 Å². The molecule has 2 aromatic carbocycles. The summed E-state index contributed by atoms with van der Waals surface area (Å²) < 4.78 is 12.5. The van der Waals surface area contributed by atoms with Gasteiger partial charge in [-0.15, -0.1) is 0 Å². The lowest BCUT2D eigenvalue weighted by Crippen LogP contribution is -2.39. The van der Waals surface area contributed by atoms with E-state index in [1.807, 2.05) is 12.1 Å². The highest BCUT2D eigenvalue weighted by Gasteiger charge is 2.33. The number of phenolic OH excluding ortho intramolecular Hbond substituents is 1. The maximum absolute atomic E-state index is 13.5. The summed E-state index contributed by atoms with van der Waals surface area (Å²) >= 11 is 1.24. The number of aromatic nitrogens is 1. The zero-order chi connectivity index (χ0) is 22.8. The number of ether oxygens (including phenoxy) is 2. The number of thiazole rings is 1. The number of benzene rings is 2.